The molecule has 0 heterocycles. The summed E-state index contributed by atoms with van der Waals surface area (Å²) in [5.41, 5.74) is 1.98. The smallest absolute Gasteiger partial charge is 0.168 e. The first-order valence-corrected chi connectivity index (χ1v) is 16.3. The Morgan fingerprint density at radius 2 is 1.27 bits per heavy atom. The second-order valence-corrected chi connectivity index (χ2v) is 13.0. The minimum atomic E-state index is -0.467. The molecule has 40 heavy (non-hydrogen) atoms. The molecule has 0 saturated heterocycles. The van der Waals surface area contributed by atoms with Crippen molar-refractivity contribution < 1.29 is 14.6 Å². The molecule has 2 aromatic carbocycles. The zero-order valence-corrected chi connectivity index (χ0v) is 26.8. The Morgan fingerprint density at radius 1 is 0.775 bits per heavy atom. The molecule has 2 aromatic rings. The Bertz CT molecular complexity index is 1010. The summed E-state index contributed by atoms with van der Waals surface area (Å²) in [6.07, 6.45) is 20.5. The van der Waals surface area contributed by atoms with Gasteiger partial charge in [0.05, 0.1) is 11.1 Å². The van der Waals surface area contributed by atoms with Crippen molar-refractivity contribution in [1.29, 1.82) is 0 Å². The van der Waals surface area contributed by atoms with Gasteiger partial charge in [0.2, 0.25) is 0 Å². The average molecular weight is 571 g/mol. The predicted molar refractivity (Wildman–Crippen MR) is 171 cm³/mol. The number of Topliss-reactive ketones (excluding diaryl/α,β-unsaturated/α-hetero) is 1. The molecule has 0 fully saturated rings. The van der Waals surface area contributed by atoms with E-state index in [0.717, 1.165) is 24.0 Å². The highest BCUT2D eigenvalue weighted by Crippen LogP contribution is 2.34. The number of ether oxygens (including phenoxy) is 1. The summed E-state index contributed by atoms with van der Waals surface area (Å²) in [6.45, 7) is 9.94. The summed E-state index contributed by atoms with van der Waals surface area (Å²) >= 11 is 6.44. The van der Waals surface area contributed by atoms with Crippen molar-refractivity contribution in [3.05, 3.63) is 58.1 Å². The van der Waals surface area contributed by atoms with Crippen molar-refractivity contribution >= 4 is 17.4 Å². The van der Waals surface area contributed by atoms with Crippen LogP contribution in [0.1, 0.15) is 158 Å². The number of carbonyl (C=O) groups excluding carboxylic acids is 1. The van der Waals surface area contributed by atoms with Crippen LogP contribution in [0.15, 0.2) is 36.4 Å². The highest BCUT2D eigenvalue weighted by atomic mass is 35.5. The summed E-state index contributed by atoms with van der Waals surface area (Å²) in [6, 6.07) is 11.0. The van der Waals surface area contributed by atoms with E-state index in [1.807, 2.05) is 45.9 Å². The molecule has 3 nitrogen and oxygen atoms in total. The Morgan fingerprint density at radius 3 is 1.75 bits per heavy atom. The number of benzene rings is 2. The maximum absolute atomic E-state index is 12.5. The second-order valence-electron chi connectivity index (χ2n) is 12.6. The van der Waals surface area contributed by atoms with Crippen molar-refractivity contribution in [2.24, 2.45) is 5.41 Å². The van der Waals surface area contributed by atoms with E-state index in [4.69, 9.17) is 16.3 Å². The Labute approximate surface area is 250 Å². The molecule has 0 bridgehead atoms. The first-order valence-electron chi connectivity index (χ1n) is 15.9. The molecule has 4 heteroatoms. The van der Waals surface area contributed by atoms with Crippen LogP contribution >= 0.6 is 11.6 Å². The molecule has 0 aliphatic heterocycles. The number of aryl methyl sites for hydroxylation is 1. The SMILES string of the molecule is CCCCCCCCCCCCCCCCCC(O)c1ccc(Oc2ccc(C(=O)C(C)(C)C)cc2Cl)c(C)c1. The number of hydrogen-bond acceptors (Lipinski definition) is 3. The van der Waals surface area contributed by atoms with Crippen LogP contribution in [0.4, 0.5) is 0 Å². The van der Waals surface area contributed by atoms with E-state index < -0.39 is 11.5 Å². The van der Waals surface area contributed by atoms with Crippen LogP contribution < -0.4 is 4.74 Å². The number of aliphatic hydroxyl groups excluding tert-OH is 1. The van der Waals surface area contributed by atoms with E-state index in [2.05, 4.69) is 6.92 Å². The largest absolute Gasteiger partial charge is 0.456 e. The van der Waals surface area contributed by atoms with Crippen molar-refractivity contribution in [2.45, 2.75) is 143 Å². The van der Waals surface area contributed by atoms with Gasteiger partial charge in [-0.2, -0.15) is 0 Å². The first-order chi connectivity index (χ1) is 19.1. The lowest BCUT2D eigenvalue weighted by atomic mass is 9.86. The van der Waals surface area contributed by atoms with E-state index in [1.165, 1.54) is 89.9 Å². The number of carbonyl (C=O) groups is 1. The fourth-order valence-electron chi connectivity index (χ4n) is 5.15. The normalized spacial score (nSPS) is 12.5. The maximum Gasteiger partial charge on any atom is 0.168 e. The highest BCUT2D eigenvalue weighted by Gasteiger charge is 2.23. The van der Waals surface area contributed by atoms with Gasteiger partial charge in [-0.25, -0.2) is 0 Å². The van der Waals surface area contributed by atoms with Crippen LogP contribution in [-0.4, -0.2) is 10.9 Å². The van der Waals surface area contributed by atoms with Crippen LogP contribution in [0.5, 0.6) is 11.5 Å². The van der Waals surface area contributed by atoms with Crippen molar-refractivity contribution in [3.8, 4) is 11.5 Å². The van der Waals surface area contributed by atoms with E-state index in [0.29, 0.717) is 22.1 Å². The summed E-state index contributed by atoms with van der Waals surface area (Å²) in [5.74, 6) is 1.26. The summed E-state index contributed by atoms with van der Waals surface area (Å²) in [4.78, 5) is 12.5. The number of aliphatic hydroxyl groups is 1. The molecular formula is C36H55ClO3. The van der Waals surface area contributed by atoms with Crippen molar-refractivity contribution in [1.82, 2.24) is 0 Å². The third kappa shape index (κ3) is 12.8. The molecule has 1 N–H and O–H groups in total. The van der Waals surface area contributed by atoms with E-state index in [9.17, 15) is 9.90 Å². The molecule has 1 atom stereocenters. The van der Waals surface area contributed by atoms with Gasteiger partial charge in [-0.1, -0.05) is 142 Å². The van der Waals surface area contributed by atoms with Crippen LogP contribution in [0.25, 0.3) is 0 Å². The zero-order chi connectivity index (χ0) is 29.4. The van der Waals surface area contributed by atoms with Crippen LogP contribution in [-0.2, 0) is 0 Å². The van der Waals surface area contributed by atoms with Crippen molar-refractivity contribution in [3.63, 3.8) is 0 Å². The van der Waals surface area contributed by atoms with Gasteiger partial charge in [0.15, 0.2) is 5.78 Å². The number of halogens is 1. The van der Waals surface area contributed by atoms with Crippen LogP contribution in [0.2, 0.25) is 5.02 Å². The lowest BCUT2D eigenvalue weighted by Gasteiger charge is -2.18. The predicted octanol–water partition coefficient (Wildman–Crippen LogP) is 12.0. The van der Waals surface area contributed by atoms with Gasteiger partial charge < -0.3 is 9.84 Å². The monoisotopic (exact) mass is 570 g/mol. The minimum Gasteiger partial charge on any atom is -0.456 e. The van der Waals surface area contributed by atoms with Gasteiger partial charge in [-0.3, -0.25) is 4.79 Å². The molecule has 0 radical (unpaired) electrons. The van der Waals surface area contributed by atoms with E-state index in [1.54, 1.807) is 18.2 Å². The summed E-state index contributed by atoms with van der Waals surface area (Å²) in [5, 5.41) is 11.1. The Hall–Kier alpha value is -1.84. The fourth-order valence-corrected chi connectivity index (χ4v) is 5.37. The van der Waals surface area contributed by atoms with Crippen LogP contribution in [0.3, 0.4) is 0 Å². The van der Waals surface area contributed by atoms with E-state index in [-0.39, 0.29) is 5.78 Å². The average Bonchev–Trinajstić information content (AvgIpc) is 2.91. The van der Waals surface area contributed by atoms with Crippen molar-refractivity contribution in [2.75, 3.05) is 0 Å². The fraction of sp³-hybridized carbons (Fsp3) is 0.639. The number of rotatable bonds is 20. The van der Waals surface area contributed by atoms with Gasteiger partial charge in [-0.15, -0.1) is 0 Å². The van der Waals surface area contributed by atoms with Crippen LogP contribution in [0, 0.1) is 12.3 Å². The molecule has 1 unspecified atom stereocenters. The first kappa shape index (κ1) is 34.4. The van der Waals surface area contributed by atoms with Gasteiger partial charge in [0.25, 0.3) is 0 Å². The number of ketones is 1. The molecule has 2 rings (SSSR count). The highest BCUT2D eigenvalue weighted by molar-refractivity contribution is 6.32. The lowest BCUT2D eigenvalue weighted by molar-refractivity contribution is 0.0858. The molecule has 0 spiro atoms. The molecule has 0 amide bonds. The Balaban J connectivity index is 1.64. The standard InChI is InChI=1S/C36H55ClO3/c1-6-7-8-9-10-11-12-13-14-15-16-17-18-19-20-21-32(38)29-22-24-33(28(2)26-29)40-34-25-23-30(27-31(34)37)35(39)36(3,4)5/h22-27,32,38H,6-21H2,1-5H3. The molecule has 0 saturated carbocycles. The summed E-state index contributed by atoms with van der Waals surface area (Å²) in [7, 11) is 0. The summed E-state index contributed by atoms with van der Waals surface area (Å²) < 4.78 is 6.06. The van der Waals surface area contributed by atoms with Gasteiger partial charge in [0, 0.05) is 11.0 Å². The second kappa shape index (κ2) is 18.6. The number of unbranched alkanes of at least 4 members (excludes halogenated alkanes) is 14. The van der Waals surface area contributed by atoms with Gasteiger partial charge >= 0.3 is 0 Å². The maximum atomic E-state index is 12.5. The third-order valence-corrected chi connectivity index (χ3v) is 8.06. The van der Waals surface area contributed by atoms with Gasteiger partial charge in [-0.05, 0) is 54.8 Å². The molecule has 0 aromatic heterocycles. The topological polar surface area (TPSA) is 46.5 Å². The van der Waals surface area contributed by atoms with Gasteiger partial charge in [0.1, 0.15) is 11.5 Å². The molecule has 224 valence electrons. The van der Waals surface area contributed by atoms with E-state index >= 15 is 0 Å². The molecule has 0 aliphatic carbocycles. The Kier molecular flexibility index (Phi) is 15.9. The minimum absolute atomic E-state index is 0.0459. The quantitative estimate of drug-likeness (QED) is 0.127. The third-order valence-electron chi connectivity index (χ3n) is 7.76. The molecular weight excluding hydrogens is 516 g/mol. The lowest BCUT2D eigenvalue weighted by Crippen LogP contribution is -2.20. The zero-order valence-electron chi connectivity index (χ0n) is 26.0. The molecule has 0 aliphatic rings. The number of hydrogen-bond donors (Lipinski definition) is 1.